The molecule has 7 rings (SSSR count). The first-order chi connectivity index (χ1) is 26.5. The number of aromatic amines is 1. The summed E-state index contributed by atoms with van der Waals surface area (Å²) in [6.07, 6.45) is 4.93. The molecule has 2 aromatic carbocycles. The molecule has 17 nitrogen and oxygen atoms in total. The van der Waals surface area contributed by atoms with Gasteiger partial charge in [0.25, 0.3) is 0 Å². The number of rotatable bonds is 12. The molecule has 1 aromatic heterocycles. The van der Waals surface area contributed by atoms with Crippen molar-refractivity contribution in [3.8, 4) is 11.5 Å². The lowest BCUT2D eigenvalue weighted by molar-refractivity contribution is -0.146. The summed E-state index contributed by atoms with van der Waals surface area (Å²) in [6.45, 7) is 1.54. The minimum Gasteiger partial charge on any atom is -0.454 e. The third-order valence-corrected chi connectivity index (χ3v) is 10.5. The highest BCUT2D eigenvalue weighted by molar-refractivity contribution is 5.98. The summed E-state index contributed by atoms with van der Waals surface area (Å²) >= 11 is 0. The van der Waals surface area contributed by atoms with Gasteiger partial charge in [-0.15, -0.1) is 0 Å². The predicted molar refractivity (Wildman–Crippen MR) is 198 cm³/mol. The summed E-state index contributed by atoms with van der Waals surface area (Å²) in [6, 6.07) is 7.21. The summed E-state index contributed by atoms with van der Waals surface area (Å²) in [5.74, 6) is -1.77. The molecule has 0 fully saturated rings. The van der Waals surface area contributed by atoms with Crippen LogP contribution in [0.3, 0.4) is 0 Å². The summed E-state index contributed by atoms with van der Waals surface area (Å²) in [7, 11) is 0. The maximum atomic E-state index is 14.8. The standard InChI is InChI=1S/C38H44N10O7/c1-20(49)45-28(15-24-16-42-18-44-24)36(52)47-17-23-14-33-32(54-19-55-33)13-22(23)12-31(47)35(51)46-27(7-4-10-43-38(40)41)37(53)48-29(34(39)50)9-8-26-25-6-3-2-5-21(25)11-30(26)48/h2-3,5-6,13-14,16,18,27-29,31H,4,7-12,15,17,19H2,1H3,(H2,39,50)(H,42,44)(H,45,49)(H,46,51)(H4,40,41,43)/t27-,28-,29?,31?/m0/s1. The number of imidazole rings is 1. The molecule has 2 unspecified atom stereocenters. The van der Waals surface area contributed by atoms with E-state index in [-0.39, 0.29) is 45.1 Å². The van der Waals surface area contributed by atoms with Gasteiger partial charge in [0.2, 0.25) is 36.3 Å². The van der Waals surface area contributed by atoms with Crippen LogP contribution in [-0.2, 0) is 49.8 Å². The first-order valence-electron chi connectivity index (χ1n) is 18.2. The van der Waals surface area contributed by atoms with Crippen LogP contribution in [0.25, 0.3) is 5.57 Å². The van der Waals surface area contributed by atoms with Crippen molar-refractivity contribution in [1.82, 2.24) is 30.4 Å². The Labute approximate surface area is 316 Å². The number of carbonyl (C=O) groups is 5. The van der Waals surface area contributed by atoms with Crippen molar-refractivity contribution in [1.29, 1.82) is 0 Å². The third-order valence-electron chi connectivity index (χ3n) is 10.5. The lowest BCUT2D eigenvalue weighted by Gasteiger charge is -2.40. The maximum Gasteiger partial charge on any atom is 0.250 e. The fourth-order valence-electron chi connectivity index (χ4n) is 7.98. The van der Waals surface area contributed by atoms with Crippen LogP contribution in [0.5, 0.6) is 11.5 Å². The van der Waals surface area contributed by atoms with Crippen LogP contribution in [0.4, 0.5) is 0 Å². The Balaban J connectivity index is 1.22. The number of aliphatic imine (C=N–C) groups is 1. The molecule has 4 heterocycles. The number of nitrogens with zero attached hydrogens (tertiary/aromatic N) is 4. The number of primary amides is 1. The van der Waals surface area contributed by atoms with Gasteiger partial charge in [0.15, 0.2) is 17.5 Å². The predicted octanol–water partition coefficient (Wildman–Crippen LogP) is 0.121. The number of allylic oxidation sites excluding steroid dienone is 2. The Morgan fingerprint density at radius 3 is 2.45 bits per heavy atom. The van der Waals surface area contributed by atoms with E-state index >= 15 is 0 Å². The number of guanidine groups is 1. The van der Waals surface area contributed by atoms with Gasteiger partial charge in [0.05, 0.1) is 6.33 Å². The normalized spacial score (nSPS) is 19.1. The van der Waals surface area contributed by atoms with Gasteiger partial charge < -0.3 is 52.1 Å². The van der Waals surface area contributed by atoms with E-state index in [0.29, 0.717) is 48.6 Å². The smallest absolute Gasteiger partial charge is 0.250 e. The van der Waals surface area contributed by atoms with Crippen LogP contribution in [-0.4, -0.2) is 92.8 Å². The summed E-state index contributed by atoms with van der Waals surface area (Å²) in [5, 5.41) is 5.69. The van der Waals surface area contributed by atoms with Crippen LogP contribution in [0.1, 0.15) is 60.6 Å². The molecule has 0 saturated heterocycles. The molecule has 0 spiro atoms. The zero-order chi connectivity index (χ0) is 38.8. The number of nitrogens with one attached hydrogen (secondary N) is 3. The first kappa shape index (κ1) is 36.9. The Kier molecular flexibility index (Phi) is 10.4. The van der Waals surface area contributed by atoms with Crippen molar-refractivity contribution in [2.45, 2.75) is 82.6 Å². The second kappa shape index (κ2) is 15.5. The molecule has 5 amide bonds. The number of nitrogens with two attached hydrogens (primary N) is 3. The van der Waals surface area contributed by atoms with Crippen molar-refractivity contribution in [2.24, 2.45) is 22.2 Å². The van der Waals surface area contributed by atoms with E-state index in [4.69, 9.17) is 26.7 Å². The highest BCUT2D eigenvalue weighted by Gasteiger charge is 2.44. The molecular formula is C38H44N10O7. The molecular weight excluding hydrogens is 708 g/mol. The average molecular weight is 753 g/mol. The van der Waals surface area contributed by atoms with Crippen molar-refractivity contribution < 1.29 is 33.4 Å². The molecule has 17 heteroatoms. The zero-order valence-corrected chi connectivity index (χ0v) is 30.4. The van der Waals surface area contributed by atoms with E-state index in [2.05, 4.69) is 25.6 Å². The maximum absolute atomic E-state index is 14.8. The minimum atomic E-state index is -1.15. The molecule has 3 aromatic rings. The first-order valence-corrected chi connectivity index (χ1v) is 18.2. The van der Waals surface area contributed by atoms with Gasteiger partial charge in [0, 0.05) is 56.9 Å². The number of carbonyl (C=O) groups excluding carboxylic acids is 5. The van der Waals surface area contributed by atoms with Gasteiger partial charge in [-0.25, -0.2) is 4.98 Å². The number of aromatic nitrogens is 2. The summed E-state index contributed by atoms with van der Waals surface area (Å²) < 4.78 is 11.2. The molecule has 55 heavy (non-hydrogen) atoms. The number of H-pyrrole nitrogens is 1. The second-order valence-corrected chi connectivity index (χ2v) is 14.1. The van der Waals surface area contributed by atoms with E-state index in [1.54, 1.807) is 18.3 Å². The van der Waals surface area contributed by atoms with Crippen LogP contribution >= 0.6 is 0 Å². The quantitative estimate of drug-likeness (QED) is 0.0828. The van der Waals surface area contributed by atoms with Crippen LogP contribution in [0.2, 0.25) is 0 Å². The Morgan fingerprint density at radius 1 is 0.982 bits per heavy atom. The Morgan fingerprint density at radius 2 is 1.75 bits per heavy atom. The van der Waals surface area contributed by atoms with Gasteiger partial charge in [-0.3, -0.25) is 29.0 Å². The summed E-state index contributed by atoms with van der Waals surface area (Å²) in [5.41, 5.74) is 22.9. The number of fused-ring (bicyclic) bond motifs is 4. The Bertz CT molecular complexity index is 2080. The third kappa shape index (κ3) is 7.67. The van der Waals surface area contributed by atoms with Gasteiger partial charge in [-0.05, 0) is 65.6 Å². The molecule has 0 radical (unpaired) electrons. The monoisotopic (exact) mass is 752 g/mol. The van der Waals surface area contributed by atoms with E-state index in [1.807, 2.05) is 24.3 Å². The lowest BCUT2D eigenvalue weighted by Crippen LogP contribution is -2.61. The molecule has 3 aliphatic heterocycles. The average Bonchev–Trinajstić information content (AvgIpc) is 3.93. The molecule has 288 valence electrons. The van der Waals surface area contributed by atoms with E-state index < -0.39 is 53.7 Å². The van der Waals surface area contributed by atoms with Crippen molar-refractivity contribution >= 4 is 41.1 Å². The van der Waals surface area contributed by atoms with E-state index in [9.17, 15) is 24.0 Å². The largest absolute Gasteiger partial charge is 0.454 e. The molecule has 0 saturated carbocycles. The second-order valence-electron chi connectivity index (χ2n) is 14.1. The van der Waals surface area contributed by atoms with Crippen LogP contribution in [0.15, 0.2) is 59.6 Å². The fraction of sp³-hybridized carbons (Fsp3) is 0.395. The highest BCUT2D eigenvalue weighted by atomic mass is 16.7. The van der Waals surface area contributed by atoms with Crippen molar-refractivity contribution in [3.05, 3.63) is 82.6 Å². The number of amides is 5. The molecule has 0 bridgehead atoms. The zero-order valence-electron chi connectivity index (χ0n) is 30.4. The number of hydrogen-bond acceptors (Lipinski definition) is 9. The van der Waals surface area contributed by atoms with Crippen molar-refractivity contribution in [2.75, 3.05) is 13.3 Å². The van der Waals surface area contributed by atoms with Gasteiger partial charge in [-0.2, -0.15) is 0 Å². The van der Waals surface area contributed by atoms with E-state index in [0.717, 1.165) is 27.8 Å². The SMILES string of the molecule is CC(=O)N[C@@H](Cc1cnc[nH]1)C(=O)N1Cc2cc3c(cc2CC1C(=O)N[C@@H](CCCN=C(N)N)C(=O)N1C2=C(CCC1C(N)=O)c1ccccc1C2)OCO3. The summed E-state index contributed by atoms with van der Waals surface area (Å²) in [4.78, 5) is 83.2. The van der Waals surface area contributed by atoms with Gasteiger partial charge in [0.1, 0.15) is 24.2 Å². The Hall–Kier alpha value is -6.39. The van der Waals surface area contributed by atoms with Crippen LogP contribution < -0.4 is 37.3 Å². The van der Waals surface area contributed by atoms with Gasteiger partial charge in [-0.1, -0.05) is 24.3 Å². The highest BCUT2D eigenvalue weighted by Crippen LogP contribution is 2.43. The lowest BCUT2D eigenvalue weighted by atomic mass is 9.91. The molecule has 4 atom stereocenters. The topological polar surface area (TPSA) is 253 Å². The molecule has 9 N–H and O–H groups in total. The fourth-order valence-corrected chi connectivity index (χ4v) is 7.98. The molecule has 1 aliphatic carbocycles. The van der Waals surface area contributed by atoms with Crippen molar-refractivity contribution in [3.63, 3.8) is 0 Å². The van der Waals surface area contributed by atoms with Gasteiger partial charge >= 0.3 is 0 Å². The number of ether oxygens (including phenoxy) is 2. The number of hydrogen-bond donors (Lipinski definition) is 6. The minimum absolute atomic E-state index is 0.00936. The van der Waals surface area contributed by atoms with E-state index in [1.165, 1.54) is 23.1 Å². The molecule has 4 aliphatic rings. The van der Waals surface area contributed by atoms with Crippen LogP contribution in [0, 0.1) is 0 Å². The number of benzene rings is 2.